The van der Waals surface area contributed by atoms with Crippen LogP contribution in [0.4, 0.5) is 11.6 Å². The fourth-order valence-electron chi connectivity index (χ4n) is 1.44. The van der Waals surface area contributed by atoms with E-state index < -0.39 is 0 Å². The highest BCUT2D eigenvalue weighted by Crippen LogP contribution is 2.23. The van der Waals surface area contributed by atoms with Crippen LogP contribution in [0.15, 0.2) is 11.7 Å². The van der Waals surface area contributed by atoms with Crippen LogP contribution < -0.4 is 11.1 Å². The third-order valence-electron chi connectivity index (χ3n) is 2.39. The van der Waals surface area contributed by atoms with E-state index in [2.05, 4.69) is 32.6 Å². The molecule has 0 spiro atoms. The Morgan fingerprint density at radius 1 is 1.44 bits per heavy atom. The fourth-order valence-corrected chi connectivity index (χ4v) is 2.39. The maximum atomic E-state index is 5.98. The third-order valence-corrected chi connectivity index (χ3v) is 3.81. The van der Waals surface area contributed by atoms with Gasteiger partial charge in [0.15, 0.2) is 0 Å². The summed E-state index contributed by atoms with van der Waals surface area (Å²) in [6.45, 7) is 2.81. The Kier molecular flexibility index (Phi) is 4.33. The van der Waals surface area contributed by atoms with Gasteiger partial charge in [-0.05, 0) is 6.42 Å². The lowest BCUT2D eigenvalue weighted by atomic mass is 10.3. The van der Waals surface area contributed by atoms with Crippen molar-refractivity contribution >= 4 is 34.6 Å². The SMILES string of the molecule is CCc1nc(CCNc2ncnc(N)c2Cl)cs1. The van der Waals surface area contributed by atoms with Gasteiger partial charge in [-0.3, -0.25) is 0 Å². The van der Waals surface area contributed by atoms with Crippen LogP contribution >= 0.6 is 22.9 Å². The van der Waals surface area contributed by atoms with Gasteiger partial charge >= 0.3 is 0 Å². The number of rotatable bonds is 5. The molecule has 0 fully saturated rings. The van der Waals surface area contributed by atoms with E-state index in [1.165, 1.54) is 6.33 Å². The van der Waals surface area contributed by atoms with Gasteiger partial charge in [-0.2, -0.15) is 0 Å². The van der Waals surface area contributed by atoms with Crippen molar-refractivity contribution in [3.63, 3.8) is 0 Å². The summed E-state index contributed by atoms with van der Waals surface area (Å²) >= 11 is 7.67. The van der Waals surface area contributed by atoms with Crippen molar-refractivity contribution < 1.29 is 0 Å². The summed E-state index contributed by atoms with van der Waals surface area (Å²) in [7, 11) is 0. The van der Waals surface area contributed by atoms with Gasteiger partial charge in [-0.1, -0.05) is 18.5 Å². The van der Waals surface area contributed by atoms with Crippen molar-refractivity contribution in [2.45, 2.75) is 19.8 Å². The van der Waals surface area contributed by atoms with Crippen LogP contribution in [-0.4, -0.2) is 21.5 Å². The zero-order chi connectivity index (χ0) is 13.0. The lowest BCUT2D eigenvalue weighted by molar-refractivity contribution is 0.943. The van der Waals surface area contributed by atoms with E-state index in [9.17, 15) is 0 Å². The second-order valence-electron chi connectivity index (χ2n) is 3.68. The van der Waals surface area contributed by atoms with Crippen molar-refractivity contribution in [3.8, 4) is 0 Å². The van der Waals surface area contributed by atoms with E-state index in [1.807, 2.05) is 0 Å². The van der Waals surface area contributed by atoms with Crippen LogP contribution in [0.5, 0.6) is 0 Å². The van der Waals surface area contributed by atoms with Crippen molar-refractivity contribution in [2.24, 2.45) is 0 Å². The van der Waals surface area contributed by atoms with Gasteiger partial charge in [0.2, 0.25) is 0 Å². The molecule has 0 saturated heterocycles. The van der Waals surface area contributed by atoms with Crippen molar-refractivity contribution in [2.75, 3.05) is 17.6 Å². The monoisotopic (exact) mass is 283 g/mol. The number of nitrogens with one attached hydrogen (secondary N) is 1. The summed E-state index contributed by atoms with van der Waals surface area (Å²) < 4.78 is 0. The number of aryl methyl sites for hydroxylation is 1. The van der Waals surface area contributed by atoms with Crippen LogP contribution in [0.25, 0.3) is 0 Å². The molecule has 0 amide bonds. The Morgan fingerprint density at radius 2 is 2.28 bits per heavy atom. The molecular formula is C11H14ClN5S. The first-order valence-corrected chi connectivity index (χ1v) is 6.89. The average Bonchev–Trinajstić information content (AvgIpc) is 2.82. The molecular weight excluding hydrogens is 270 g/mol. The second-order valence-corrected chi connectivity index (χ2v) is 5.01. The zero-order valence-corrected chi connectivity index (χ0v) is 11.6. The Labute approximate surface area is 114 Å². The molecule has 0 bridgehead atoms. The molecule has 0 saturated carbocycles. The molecule has 5 nitrogen and oxygen atoms in total. The third kappa shape index (κ3) is 3.08. The summed E-state index contributed by atoms with van der Waals surface area (Å²) in [6.07, 6.45) is 3.20. The van der Waals surface area contributed by atoms with Gasteiger partial charge in [-0.15, -0.1) is 11.3 Å². The normalized spacial score (nSPS) is 10.6. The molecule has 2 rings (SSSR count). The largest absolute Gasteiger partial charge is 0.382 e. The van der Waals surface area contributed by atoms with Gasteiger partial charge in [0.25, 0.3) is 0 Å². The molecule has 0 unspecified atom stereocenters. The minimum atomic E-state index is 0.288. The van der Waals surface area contributed by atoms with Gasteiger partial charge in [0, 0.05) is 18.3 Å². The quantitative estimate of drug-likeness (QED) is 0.881. The van der Waals surface area contributed by atoms with Crippen molar-refractivity contribution in [1.82, 2.24) is 15.0 Å². The van der Waals surface area contributed by atoms with E-state index in [1.54, 1.807) is 11.3 Å². The maximum absolute atomic E-state index is 5.98. The number of nitrogens with two attached hydrogens (primary N) is 1. The maximum Gasteiger partial charge on any atom is 0.150 e. The summed E-state index contributed by atoms with van der Waals surface area (Å²) in [5.74, 6) is 0.853. The molecule has 96 valence electrons. The minimum Gasteiger partial charge on any atom is -0.382 e. The first kappa shape index (κ1) is 13.0. The fraction of sp³-hybridized carbons (Fsp3) is 0.364. The first-order valence-electron chi connectivity index (χ1n) is 5.63. The molecule has 0 aliphatic carbocycles. The standard InChI is InChI=1S/C11H14ClN5S/c1-2-8-17-7(5-18-8)3-4-14-11-9(12)10(13)15-6-16-11/h5-6H,2-4H2,1H3,(H3,13,14,15,16). The molecule has 2 aromatic rings. The Balaban J connectivity index is 1.90. The van der Waals surface area contributed by atoms with Crippen molar-refractivity contribution in [1.29, 1.82) is 0 Å². The van der Waals surface area contributed by atoms with Gasteiger partial charge < -0.3 is 11.1 Å². The number of hydrogen-bond donors (Lipinski definition) is 2. The molecule has 0 atom stereocenters. The summed E-state index contributed by atoms with van der Waals surface area (Å²) in [6, 6.07) is 0. The molecule has 2 aromatic heterocycles. The Morgan fingerprint density at radius 3 is 3.00 bits per heavy atom. The van der Waals surface area contributed by atoms with Crippen LogP contribution in [0.2, 0.25) is 5.02 Å². The van der Waals surface area contributed by atoms with Crippen molar-refractivity contribution in [3.05, 3.63) is 27.4 Å². The van der Waals surface area contributed by atoms with Crippen LogP contribution in [0.1, 0.15) is 17.6 Å². The highest BCUT2D eigenvalue weighted by molar-refractivity contribution is 7.09. The van der Waals surface area contributed by atoms with E-state index in [-0.39, 0.29) is 5.82 Å². The number of hydrogen-bond acceptors (Lipinski definition) is 6. The number of aromatic nitrogens is 3. The lowest BCUT2D eigenvalue weighted by Gasteiger charge is -2.06. The van der Waals surface area contributed by atoms with E-state index in [4.69, 9.17) is 17.3 Å². The Hall–Kier alpha value is -1.40. The second kappa shape index (κ2) is 5.97. The number of anilines is 2. The summed E-state index contributed by atoms with van der Waals surface area (Å²) in [5.41, 5.74) is 6.68. The summed E-state index contributed by atoms with van der Waals surface area (Å²) in [4.78, 5) is 12.3. The van der Waals surface area contributed by atoms with Crippen LogP contribution in [0, 0.1) is 0 Å². The van der Waals surface area contributed by atoms with E-state index >= 15 is 0 Å². The zero-order valence-electron chi connectivity index (χ0n) is 9.98. The predicted molar refractivity (Wildman–Crippen MR) is 75.1 cm³/mol. The first-order chi connectivity index (χ1) is 8.70. The van der Waals surface area contributed by atoms with E-state index in [0.717, 1.165) is 23.5 Å². The van der Waals surface area contributed by atoms with Crippen LogP contribution in [-0.2, 0) is 12.8 Å². The molecule has 2 heterocycles. The highest BCUT2D eigenvalue weighted by atomic mass is 35.5. The number of halogens is 1. The average molecular weight is 284 g/mol. The minimum absolute atomic E-state index is 0.288. The molecule has 7 heteroatoms. The Bertz CT molecular complexity index is 528. The topological polar surface area (TPSA) is 76.7 Å². The number of thiazole rings is 1. The van der Waals surface area contributed by atoms with Gasteiger partial charge in [-0.25, -0.2) is 15.0 Å². The molecule has 3 N–H and O–H groups in total. The molecule has 0 aromatic carbocycles. The molecule has 0 aliphatic rings. The van der Waals surface area contributed by atoms with Gasteiger partial charge in [0.05, 0.1) is 10.7 Å². The highest BCUT2D eigenvalue weighted by Gasteiger charge is 2.06. The number of nitrogens with zero attached hydrogens (tertiary/aromatic N) is 3. The number of nitrogen functional groups attached to an aromatic ring is 1. The van der Waals surface area contributed by atoms with Gasteiger partial charge in [0.1, 0.15) is 23.0 Å². The molecule has 0 radical (unpaired) electrons. The summed E-state index contributed by atoms with van der Waals surface area (Å²) in [5, 5.41) is 6.74. The molecule has 18 heavy (non-hydrogen) atoms. The molecule has 0 aliphatic heterocycles. The predicted octanol–water partition coefficient (Wildman–Crippen LogP) is 2.39. The lowest BCUT2D eigenvalue weighted by Crippen LogP contribution is -2.08. The smallest absolute Gasteiger partial charge is 0.150 e. The van der Waals surface area contributed by atoms with Crippen LogP contribution in [0.3, 0.4) is 0 Å². The van der Waals surface area contributed by atoms with E-state index in [0.29, 0.717) is 17.4 Å².